The Balaban J connectivity index is 1.38. The average molecular weight is 428 g/mol. The highest BCUT2D eigenvalue weighted by molar-refractivity contribution is 6.04. The minimum atomic E-state index is -0.236. The molecule has 0 spiro atoms. The highest BCUT2D eigenvalue weighted by atomic mass is 16.2. The van der Waals surface area contributed by atoms with Gasteiger partial charge in [0.25, 0.3) is 11.8 Å². The van der Waals surface area contributed by atoms with Gasteiger partial charge < -0.3 is 16.0 Å². The van der Waals surface area contributed by atoms with E-state index in [2.05, 4.69) is 16.0 Å². The molecule has 0 radical (unpaired) electrons. The van der Waals surface area contributed by atoms with Crippen molar-refractivity contribution in [2.75, 3.05) is 23.3 Å². The van der Waals surface area contributed by atoms with Crippen LogP contribution in [0.1, 0.15) is 31.8 Å². The molecule has 4 rings (SSSR count). The van der Waals surface area contributed by atoms with E-state index in [4.69, 9.17) is 0 Å². The van der Waals surface area contributed by atoms with Crippen LogP contribution in [0.3, 0.4) is 0 Å². The molecule has 4 amide bonds. The third kappa shape index (κ3) is 4.95. The van der Waals surface area contributed by atoms with Crippen LogP contribution in [0.2, 0.25) is 0 Å². The standard InChI is InChI=1S/C25H24N4O3/c1-17-8-10-19(11-9-17)24(31)28-21-6-2-4-18(14-21)16-27-23(30)20-5-3-7-22(15-20)29-13-12-26-25(29)32/h2-11,14-15H,12-13,16H2,1H3,(H,26,32)(H,27,30)(H,28,31). The molecule has 32 heavy (non-hydrogen) atoms. The summed E-state index contributed by atoms with van der Waals surface area (Å²) in [7, 11) is 0. The van der Waals surface area contributed by atoms with Gasteiger partial charge in [-0.1, -0.05) is 35.9 Å². The summed E-state index contributed by atoms with van der Waals surface area (Å²) < 4.78 is 0. The number of rotatable bonds is 6. The third-order valence-electron chi connectivity index (χ3n) is 5.23. The molecule has 7 nitrogen and oxygen atoms in total. The topological polar surface area (TPSA) is 90.5 Å². The van der Waals surface area contributed by atoms with Gasteiger partial charge in [0.15, 0.2) is 0 Å². The number of carbonyl (C=O) groups is 3. The van der Waals surface area contributed by atoms with Crippen molar-refractivity contribution in [3.63, 3.8) is 0 Å². The molecule has 0 bridgehead atoms. The van der Waals surface area contributed by atoms with Gasteiger partial charge in [0, 0.05) is 42.1 Å². The number of nitrogens with one attached hydrogen (secondary N) is 3. The second-order valence-electron chi connectivity index (χ2n) is 7.64. The summed E-state index contributed by atoms with van der Waals surface area (Å²) in [6, 6.07) is 21.5. The summed E-state index contributed by atoms with van der Waals surface area (Å²) in [6.07, 6.45) is 0. The van der Waals surface area contributed by atoms with E-state index >= 15 is 0 Å². The first-order chi connectivity index (χ1) is 15.5. The van der Waals surface area contributed by atoms with E-state index in [9.17, 15) is 14.4 Å². The number of carbonyl (C=O) groups excluding carboxylic acids is 3. The molecule has 0 aliphatic carbocycles. The third-order valence-corrected chi connectivity index (χ3v) is 5.23. The van der Waals surface area contributed by atoms with Crippen LogP contribution in [0.5, 0.6) is 0 Å². The van der Waals surface area contributed by atoms with Gasteiger partial charge in [-0.3, -0.25) is 14.5 Å². The number of anilines is 2. The van der Waals surface area contributed by atoms with Gasteiger partial charge in [-0.05, 0) is 55.0 Å². The summed E-state index contributed by atoms with van der Waals surface area (Å²) in [6.45, 7) is 3.44. The largest absolute Gasteiger partial charge is 0.348 e. The van der Waals surface area contributed by atoms with Gasteiger partial charge in [0.2, 0.25) is 0 Å². The zero-order valence-electron chi connectivity index (χ0n) is 17.7. The lowest BCUT2D eigenvalue weighted by Crippen LogP contribution is -2.28. The maximum absolute atomic E-state index is 12.6. The normalized spacial score (nSPS) is 12.9. The molecule has 1 saturated heterocycles. The van der Waals surface area contributed by atoms with Crippen molar-refractivity contribution in [2.45, 2.75) is 13.5 Å². The fraction of sp³-hybridized carbons (Fsp3) is 0.160. The predicted molar refractivity (Wildman–Crippen MR) is 124 cm³/mol. The SMILES string of the molecule is Cc1ccc(C(=O)Nc2cccc(CNC(=O)c3cccc(N4CCNC4=O)c3)c2)cc1. The molecule has 162 valence electrons. The maximum Gasteiger partial charge on any atom is 0.321 e. The van der Waals surface area contributed by atoms with E-state index < -0.39 is 0 Å². The minimum absolute atomic E-state index is 0.160. The molecule has 1 heterocycles. The van der Waals surface area contributed by atoms with Crippen LogP contribution >= 0.6 is 0 Å². The lowest BCUT2D eigenvalue weighted by Gasteiger charge is -2.15. The zero-order valence-corrected chi connectivity index (χ0v) is 17.7. The number of amides is 4. The van der Waals surface area contributed by atoms with Crippen LogP contribution in [0.4, 0.5) is 16.2 Å². The number of nitrogens with zero attached hydrogens (tertiary/aromatic N) is 1. The van der Waals surface area contributed by atoms with Gasteiger partial charge >= 0.3 is 6.03 Å². The summed E-state index contributed by atoms with van der Waals surface area (Å²) in [4.78, 5) is 38.6. The van der Waals surface area contributed by atoms with E-state index in [0.717, 1.165) is 11.1 Å². The zero-order chi connectivity index (χ0) is 22.5. The van der Waals surface area contributed by atoms with Crippen LogP contribution in [-0.2, 0) is 6.54 Å². The second kappa shape index (κ2) is 9.34. The Morgan fingerprint density at radius 3 is 2.47 bits per heavy atom. The maximum atomic E-state index is 12.6. The number of hydrogen-bond donors (Lipinski definition) is 3. The lowest BCUT2D eigenvalue weighted by molar-refractivity contribution is 0.0950. The highest BCUT2D eigenvalue weighted by Crippen LogP contribution is 2.18. The van der Waals surface area contributed by atoms with Gasteiger partial charge in [-0.2, -0.15) is 0 Å². The van der Waals surface area contributed by atoms with Crippen molar-refractivity contribution < 1.29 is 14.4 Å². The smallest absolute Gasteiger partial charge is 0.321 e. The predicted octanol–water partition coefficient (Wildman–Crippen LogP) is 3.71. The number of urea groups is 1. The Morgan fingerprint density at radius 1 is 0.938 bits per heavy atom. The molecular weight excluding hydrogens is 404 g/mol. The molecule has 1 aliphatic heterocycles. The molecule has 1 fully saturated rings. The highest BCUT2D eigenvalue weighted by Gasteiger charge is 2.21. The molecule has 7 heteroatoms. The van der Waals surface area contributed by atoms with E-state index in [1.54, 1.807) is 35.2 Å². The van der Waals surface area contributed by atoms with E-state index in [1.807, 2.05) is 49.4 Å². The summed E-state index contributed by atoms with van der Waals surface area (Å²) in [5.74, 6) is -0.422. The fourth-order valence-electron chi connectivity index (χ4n) is 3.48. The molecule has 3 N–H and O–H groups in total. The molecule has 0 saturated carbocycles. The number of hydrogen-bond acceptors (Lipinski definition) is 3. The fourth-order valence-corrected chi connectivity index (χ4v) is 3.48. The molecule has 1 aliphatic rings. The van der Waals surface area contributed by atoms with Crippen molar-refractivity contribution >= 4 is 29.2 Å². The Hall–Kier alpha value is -4.13. The lowest BCUT2D eigenvalue weighted by atomic mass is 10.1. The van der Waals surface area contributed by atoms with Gasteiger partial charge in [-0.15, -0.1) is 0 Å². The van der Waals surface area contributed by atoms with Crippen molar-refractivity contribution in [3.8, 4) is 0 Å². The Bertz CT molecular complexity index is 1160. The van der Waals surface area contributed by atoms with E-state index in [1.165, 1.54) is 0 Å². The van der Waals surface area contributed by atoms with Crippen molar-refractivity contribution in [1.82, 2.24) is 10.6 Å². The second-order valence-corrected chi connectivity index (χ2v) is 7.64. The van der Waals surface area contributed by atoms with Crippen LogP contribution in [0, 0.1) is 6.92 Å². The Labute approximate surface area is 186 Å². The molecule has 3 aromatic rings. The molecular formula is C25H24N4O3. The van der Waals surface area contributed by atoms with Crippen LogP contribution in [0.25, 0.3) is 0 Å². The molecule has 0 unspecified atom stereocenters. The Morgan fingerprint density at radius 2 is 1.72 bits per heavy atom. The van der Waals surface area contributed by atoms with E-state index in [-0.39, 0.29) is 17.8 Å². The number of aryl methyl sites for hydroxylation is 1. The van der Waals surface area contributed by atoms with Gasteiger partial charge in [0.05, 0.1) is 0 Å². The van der Waals surface area contributed by atoms with Crippen molar-refractivity contribution in [2.24, 2.45) is 0 Å². The minimum Gasteiger partial charge on any atom is -0.348 e. The Kier molecular flexibility index (Phi) is 6.17. The monoisotopic (exact) mass is 428 g/mol. The molecule has 3 aromatic carbocycles. The van der Waals surface area contributed by atoms with Gasteiger partial charge in [-0.25, -0.2) is 4.79 Å². The van der Waals surface area contributed by atoms with Gasteiger partial charge in [0.1, 0.15) is 0 Å². The molecule has 0 aromatic heterocycles. The van der Waals surface area contributed by atoms with Crippen LogP contribution in [0.15, 0.2) is 72.8 Å². The van der Waals surface area contributed by atoms with E-state index in [0.29, 0.717) is 42.1 Å². The first-order valence-corrected chi connectivity index (χ1v) is 10.4. The summed E-state index contributed by atoms with van der Waals surface area (Å²) in [5.41, 5.74) is 4.35. The summed E-state index contributed by atoms with van der Waals surface area (Å²) in [5, 5.41) is 8.53. The van der Waals surface area contributed by atoms with Crippen molar-refractivity contribution in [1.29, 1.82) is 0 Å². The first-order valence-electron chi connectivity index (χ1n) is 10.4. The quantitative estimate of drug-likeness (QED) is 0.559. The molecule has 0 atom stereocenters. The van der Waals surface area contributed by atoms with Crippen LogP contribution < -0.4 is 20.9 Å². The number of benzene rings is 3. The average Bonchev–Trinajstić information content (AvgIpc) is 3.24. The van der Waals surface area contributed by atoms with Crippen molar-refractivity contribution in [3.05, 3.63) is 95.1 Å². The first kappa shape index (κ1) is 21.1. The summed E-state index contributed by atoms with van der Waals surface area (Å²) >= 11 is 0. The van der Waals surface area contributed by atoms with Crippen LogP contribution in [-0.4, -0.2) is 30.9 Å².